The van der Waals surface area contributed by atoms with E-state index in [1.807, 2.05) is 36.4 Å². The highest BCUT2D eigenvalue weighted by Crippen LogP contribution is 2.55. The lowest BCUT2D eigenvalue weighted by atomic mass is 9.80. The van der Waals surface area contributed by atoms with Gasteiger partial charge < -0.3 is 4.42 Å². The lowest BCUT2D eigenvalue weighted by molar-refractivity contribution is 0.666. The van der Waals surface area contributed by atoms with Crippen molar-refractivity contribution < 1.29 is 4.42 Å². The van der Waals surface area contributed by atoms with Crippen LogP contribution in [0.2, 0.25) is 0 Å². The van der Waals surface area contributed by atoms with Gasteiger partial charge in [-0.2, -0.15) is 0 Å². The van der Waals surface area contributed by atoms with Gasteiger partial charge in [-0.15, -0.1) is 0 Å². The van der Waals surface area contributed by atoms with Crippen LogP contribution in [0.15, 0.2) is 174 Å². The lowest BCUT2D eigenvalue weighted by Crippen LogP contribution is -2.15. The molecule has 0 atom stereocenters. The van der Waals surface area contributed by atoms with E-state index < -0.39 is 0 Å². The molecule has 3 nitrogen and oxygen atoms in total. The van der Waals surface area contributed by atoms with Crippen molar-refractivity contribution >= 4 is 43.5 Å². The van der Waals surface area contributed by atoms with Gasteiger partial charge >= 0.3 is 0 Å². The van der Waals surface area contributed by atoms with Crippen molar-refractivity contribution in [2.24, 2.45) is 0 Å². The van der Waals surface area contributed by atoms with Crippen LogP contribution in [0.3, 0.4) is 0 Å². The molecule has 254 valence electrons. The first-order chi connectivity index (χ1) is 26.5. The van der Waals surface area contributed by atoms with E-state index in [-0.39, 0.29) is 5.41 Å². The molecule has 0 unspecified atom stereocenters. The van der Waals surface area contributed by atoms with Gasteiger partial charge in [-0.1, -0.05) is 166 Å². The Bertz CT molecular complexity index is 3130. The number of fused-ring (bicyclic) bond motifs is 9. The molecule has 0 fully saturated rings. The summed E-state index contributed by atoms with van der Waals surface area (Å²) in [5.74, 6) is 0.688. The third kappa shape index (κ3) is 4.48. The first-order valence-corrected chi connectivity index (χ1v) is 18.6. The zero-order chi connectivity index (χ0) is 36.0. The topological polar surface area (TPSA) is 38.9 Å². The number of hydrogen-bond acceptors (Lipinski definition) is 3. The Balaban J connectivity index is 1.14. The highest BCUT2D eigenvalue weighted by molar-refractivity contribution is 6.13. The van der Waals surface area contributed by atoms with E-state index >= 15 is 0 Å². The summed E-state index contributed by atoms with van der Waals surface area (Å²) in [5, 5.41) is 7.09. The summed E-state index contributed by atoms with van der Waals surface area (Å²) in [6, 6.07) is 60.5. The van der Waals surface area contributed by atoms with E-state index in [1.54, 1.807) is 0 Å². The van der Waals surface area contributed by atoms with Gasteiger partial charge in [0.15, 0.2) is 5.82 Å². The van der Waals surface area contributed by atoms with Crippen LogP contribution >= 0.6 is 0 Å². The number of nitrogens with zero attached hydrogens (tertiary/aromatic N) is 2. The molecule has 0 N–H and O–H groups in total. The van der Waals surface area contributed by atoms with Gasteiger partial charge in [0.05, 0.1) is 11.4 Å². The van der Waals surface area contributed by atoms with Crippen molar-refractivity contribution in [1.29, 1.82) is 0 Å². The second-order valence-corrected chi connectivity index (χ2v) is 14.9. The Morgan fingerprint density at radius 2 is 1.06 bits per heavy atom. The summed E-state index contributed by atoms with van der Waals surface area (Å²) in [6.45, 7) is 4.75. The number of para-hydroxylation sites is 1. The van der Waals surface area contributed by atoms with Crippen LogP contribution in [0.4, 0.5) is 0 Å². The summed E-state index contributed by atoms with van der Waals surface area (Å²) in [4.78, 5) is 10.5. The number of benzene rings is 8. The first-order valence-electron chi connectivity index (χ1n) is 18.6. The third-order valence-electron chi connectivity index (χ3n) is 11.5. The summed E-state index contributed by atoms with van der Waals surface area (Å²) in [7, 11) is 0. The van der Waals surface area contributed by atoms with E-state index in [0.717, 1.165) is 55.4 Å². The largest absolute Gasteiger partial charge is 0.456 e. The van der Waals surface area contributed by atoms with Gasteiger partial charge in [0.2, 0.25) is 0 Å². The number of furan rings is 1. The minimum Gasteiger partial charge on any atom is -0.456 e. The van der Waals surface area contributed by atoms with Crippen molar-refractivity contribution in [2.75, 3.05) is 0 Å². The quantitative estimate of drug-likeness (QED) is 0.184. The molecule has 0 spiro atoms. The Hall–Kier alpha value is -6.84. The van der Waals surface area contributed by atoms with Gasteiger partial charge in [0, 0.05) is 32.9 Å². The zero-order valence-corrected chi connectivity index (χ0v) is 30.0. The van der Waals surface area contributed by atoms with Crippen LogP contribution in [0.25, 0.3) is 99.6 Å². The van der Waals surface area contributed by atoms with Crippen molar-refractivity contribution in [1.82, 2.24) is 9.97 Å². The Labute approximate surface area is 313 Å². The summed E-state index contributed by atoms with van der Waals surface area (Å²) >= 11 is 0. The number of aromatic nitrogens is 2. The molecule has 1 aliphatic rings. The molecule has 0 aliphatic heterocycles. The average molecular weight is 691 g/mol. The van der Waals surface area contributed by atoms with Crippen LogP contribution in [0.1, 0.15) is 25.0 Å². The molecule has 2 heterocycles. The minimum atomic E-state index is -0.133. The SMILES string of the molecule is CC1(C)c2cccc(-c3ccc(-c4cc(-c5cccc6oc7ccccc7c56)nc(-c5ccccc5)n4)c4ccccc34)c2-c2ccc3ccccc3c21. The van der Waals surface area contributed by atoms with Gasteiger partial charge in [-0.05, 0) is 73.1 Å². The van der Waals surface area contributed by atoms with E-state index in [2.05, 4.69) is 147 Å². The molecule has 10 aromatic rings. The smallest absolute Gasteiger partial charge is 0.160 e. The molecule has 1 aliphatic carbocycles. The fourth-order valence-corrected chi connectivity index (χ4v) is 9.06. The van der Waals surface area contributed by atoms with Crippen molar-refractivity contribution in [2.45, 2.75) is 19.3 Å². The maximum absolute atomic E-state index is 6.30. The van der Waals surface area contributed by atoms with Crippen molar-refractivity contribution in [3.63, 3.8) is 0 Å². The van der Waals surface area contributed by atoms with Gasteiger partial charge in [0.25, 0.3) is 0 Å². The molecule has 0 bridgehead atoms. The number of hydrogen-bond donors (Lipinski definition) is 0. The molecule has 54 heavy (non-hydrogen) atoms. The molecule has 8 aromatic carbocycles. The zero-order valence-electron chi connectivity index (χ0n) is 30.0. The molecular formula is C51H34N2O. The average Bonchev–Trinajstić information content (AvgIpc) is 3.73. The maximum atomic E-state index is 6.30. The van der Waals surface area contributed by atoms with Gasteiger partial charge in [-0.25, -0.2) is 9.97 Å². The van der Waals surface area contributed by atoms with Gasteiger partial charge in [-0.3, -0.25) is 0 Å². The van der Waals surface area contributed by atoms with E-state index in [1.165, 1.54) is 49.5 Å². The fourth-order valence-electron chi connectivity index (χ4n) is 9.06. The highest BCUT2D eigenvalue weighted by atomic mass is 16.3. The highest BCUT2D eigenvalue weighted by Gasteiger charge is 2.38. The van der Waals surface area contributed by atoms with E-state index in [9.17, 15) is 0 Å². The lowest BCUT2D eigenvalue weighted by Gasteiger charge is -2.23. The molecular weight excluding hydrogens is 657 g/mol. The predicted octanol–water partition coefficient (Wildman–Crippen LogP) is 13.7. The third-order valence-corrected chi connectivity index (χ3v) is 11.5. The minimum absolute atomic E-state index is 0.133. The second kappa shape index (κ2) is 11.6. The van der Waals surface area contributed by atoms with Crippen molar-refractivity contribution in [3.8, 4) is 56.2 Å². The summed E-state index contributed by atoms with van der Waals surface area (Å²) < 4.78 is 6.30. The molecule has 3 heteroatoms. The molecule has 0 radical (unpaired) electrons. The molecule has 0 saturated heterocycles. The predicted molar refractivity (Wildman–Crippen MR) is 224 cm³/mol. The van der Waals surface area contributed by atoms with Crippen LogP contribution in [-0.4, -0.2) is 9.97 Å². The molecule has 2 aromatic heterocycles. The maximum Gasteiger partial charge on any atom is 0.160 e. The van der Waals surface area contributed by atoms with Gasteiger partial charge in [0.1, 0.15) is 11.2 Å². The van der Waals surface area contributed by atoms with Crippen molar-refractivity contribution in [3.05, 3.63) is 181 Å². The van der Waals surface area contributed by atoms with Crippen LogP contribution < -0.4 is 0 Å². The Kier molecular flexibility index (Phi) is 6.60. The molecule has 0 saturated carbocycles. The van der Waals surface area contributed by atoms with E-state index in [4.69, 9.17) is 14.4 Å². The summed E-state index contributed by atoms with van der Waals surface area (Å²) in [6.07, 6.45) is 0. The Morgan fingerprint density at radius 1 is 0.444 bits per heavy atom. The monoisotopic (exact) mass is 690 g/mol. The molecule has 11 rings (SSSR count). The van der Waals surface area contributed by atoms with Crippen LogP contribution in [-0.2, 0) is 5.41 Å². The Morgan fingerprint density at radius 3 is 1.89 bits per heavy atom. The standard InChI is InChI=1S/C51H34N2O/c1-51(2)42-23-12-21-38(47(42)41-27-26-31-14-6-7-17-33(31)49(41)51)36-28-29-37(35-19-9-8-18-34(35)36)43-30-44(53-50(52-43)32-15-4-3-5-16-32)39-22-13-25-46-48(39)40-20-10-11-24-45(40)54-46/h3-30H,1-2H3. The second-order valence-electron chi connectivity index (χ2n) is 14.9. The first kappa shape index (κ1) is 30.8. The van der Waals surface area contributed by atoms with Crippen LogP contribution in [0, 0.1) is 0 Å². The molecule has 0 amide bonds. The normalized spacial score (nSPS) is 13.1. The van der Waals surface area contributed by atoms with E-state index in [0.29, 0.717) is 5.82 Å². The summed E-state index contributed by atoms with van der Waals surface area (Å²) in [5.41, 5.74) is 14.3. The fraction of sp³-hybridized carbons (Fsp3) is 0.0588. The number of rotatable bonds is 4. The van der Waals surface area contributed by atoms with Crippen LogP contribution in [0.5, 0.6) is 0 Å².